The first-order chi connectivity index (χ1) is 10.1. The van der Waals surface area contributed by atoms with Gasteiger partial charge in [-0.3, -0.25) is 4.79 Å². The number of rotatable bonds is 3. The van der Waals surface area contributed by atoms with Gasteiger partial charge < -0.3 is 0 Å². The number of pyridine rings is 1. The lowest BCUT2D eigenvalue weighted by molar-refractivity contribution is 0.0915. The number of hydrogen-bond acceptors (Lipinski definition) is 4. The van der Waals surface area contributed by atoms with Crippen LogP contribution in [0.5, 0.6) is 0 Å². The molecular formula is C16H15NO3S. The van der Waals surface area contributed by atoms with Gasteiger partial charge in [0.05, 0.1) is 5.75 Å². The van der Waals surface area contributed by atoms with Crippen LogP contribution in [0.2, 0.25) is 0 Å². The molecule has 0 saturated carbocycles. The summed E-state index contributed by atoms with van der Waals surface area (Å²) in [6, 6.07) is 12.2. The van der Waals surface area contributed by atoms with Gasteiger partial charge in [0.2, 0.25) is 0 Å². The van der Waals surface area contributed by atoms with Crippen molar-refractivity contribution >= 4 is 15.6 Å². The van der Waals surface area contributed by atoms with Crippen LogP contribution in [0.3, 0.4) is 0 Å². The maximum Gasteiger partial charge on any atom is 0.196 e. The molecule has 0 amide bonds. The second-order valence-corrected chi connectivity index (χ2v) is 7.19. The number of aromatic nitrogens is 1. The van der Waals surface area contributed by atoms with E-state index >= 15 is 0 Å². The lowest BCUT2D eigenvalue weighted by Gasteiger charge is -2.22. The number of nitrogens with zero attached hydrogens (tertiary/aromatic N) is 1. The number of fused-ring (bicyclic) bond motifs is 1. The van der Waals surface area contributed by atoms with E-state index in [1.165, 1.54) is 12.3 Å². The van der Waals surface area contributed by atoms with Crippen molar-refractivity contribution in [1.82, 2.24) is 4.98 Å². The Morgan fingerprint density at radius 1 is 1.10 bits per heavy atom. The molecule has 2 aromatic rings. The molecular weight excluding hydrogens is 286 g/mol. The summed E-state index contributed by atoms with van der Waals surface area (Å²) in [4.78, 5) is 16.3. The number of Topliss-reactive ketones (excluding diaryl/α,β-unsaturated/α-hetero) is 1. The molecule has 0 aliphatic heterocycles. The van der Waals surface area contributed by atoms with Gasteiger partial charge in [0.15, 0.2) is 20.6 Å². The molecule has 0 radical (unpaired) electrons. The van der Waals surface area contributed by atoms with Crippen molar-refractivity contribution in [3.63, 3.8) is 0 Å². The maximum atomic E-state index is 12.4. The molecule has 0 saturated heterocycles. The largest absolute Gasteiger partial charge is 0.294 e. The highest BCUT2D eigenvalue weighted by Gasteiger charge is 2.32. The fourth-order valence-electron chi connectivity index (χ4n) is 2.70. The molecule has 1 aromatic heterocycles. The topological polar surface area (TPSA) is 64.1 Å². The van der Waals surface area contributed by atoms with E-state index in [-0.39, 0.29) is 16.6 Å². The summed E-state index contributed by atoms with van der Waals surface area (Å²) in [6.45, 7) is 0. The van der Waals surface area contributed by atoms with Gasteiger partial charge in [0.25, 0.3) is 0 Å². The van der Waals surface area contributed by atoms with Crippen LogP contribution in [0.25, 0.3) is 0 Å². The van der Waals surface area contributed by atoms with Crippen LogP contribution in [0, 0.1) is 5.92 Å². The predicted molar refractivity (Wildman–Crippen MR) is 78.9 cm³/mol. The Kier molecular flexibility index (Phi) is 3.59. The van der Waals surface area contributed by atoms with E-state index in [2.05, 4.69) is 4.98 Å². The number of benzene rings is 1. The molecule has 0 N–H and O–H groups in total. The van der Waals surface area contributed by atoms with E-state index in [0.29, 0.717) is 12.0 Å². The molecule has 1 aromatic carbocycles. The molecule has 0 bridgehead atoms. The molecule has 1 atom stereocenters. The number of hydrogen-bond donors (Lipinski definition) is 0. The normalized spacial score (nSPS) is 18.3. The summed E-state index contributed by atoms with van der Waals surface area (Å²) in [5.74, 6) is -0.722. The molecule has 108 valence electrons. The quantitative estimate of drug-likeness (QED) is 0.872. The summed E-state index contributed by atoms with van der Waals surface area (Å²) >= 11 is 0. The monoisotopic (exact) mass is 301 g/mol. The van der Waals surface area contributed by atoms with Gasteiger partial charge in [-0.05, 0) is 30.5 Å². The van der Waals surface area contributed by atoms with Crippen LogP contribution in [-0.2, 0) is 16.3 Å². The van der Waals surface area contributed by atoms with Crippen molar-refractivity contribution in [3.05, 3.63) is 59.8 Å². The standard InChI is InChI=1S/C16H15NO3S/c18-16-13(9-8-12-5-1-2-6-14(12)16)11-21(19,20)15-7-3-4-10-17-15/h1-7,10,13H,8-9,11H2. The summed E-state index contributed by atoms with van der Waals surface area (Å²) < 4.78 is 24.7. The van der Waals surface area contributed by atoms with Gasteiger partial charge in [-0.25, -0.2) is 13.4 Å². The second-order valence-electron chi connectivity index (χ2n) is 5.21. The molecule has 0 spiro atoms. The first-order valence-electron chi connectivity index (χ1n) is 6.84. The summed E-state index contributed by atoms with van der Waals surface area (Å²) in [6.07, 6.45) is 2.76. The molecule has 4 nitrogen and oxygen atoms in total. The molecule has 5 heteroatoms. The molecule has 1 unspecified atom stereocenters. The number of carbonyl (C=O) groups is 1. The number of carbonyl (C=O) groups excluding carboxylic acids is 1. The van der Waals surface area contributed by atoms with Gasteiger partial charge in [-0.15, -0.1) is 0 Å². The van der Waals surface area contributed by atoms with Crippen molar-refractivity contribution < 1.29 is 13.2 Å². The zero-order valence-corrected chi connectivity index (χ0v) is 12.2. The van der Waals surface area contributed by atoms with Crippen LogP contribution in [0.15, 0.2) is 53.7 Å². The third kappa shape index (κ3) is 2.74. The molecule has 21 heavy (non-hydrogen) atoms. The van der Waals surface area contributed by atoms with Crippen LogP contribution in [0.4, 0.5) is 0 Å². The average Bonchev–Trinajstić information content (AvgIpc) is 2.51. The lowest BCUT2D eigenvalue weighted by atomic mass is 9.84. The highest BCUT2D eigenvalue weighted by molar-refractivity contribution is 7.91. The SMILES string of the molecule is O=C1c2ccccc2CCC1CS(=O)(=O)c1ccccn1. The predicted octanol–water partition coefficient (Wildman–Crippen LogP) is 2.30. The maximum absolute atomic E-state index is 12.4. The van der Waals surface area contributed by atoms with Crippen molar-refractivity contribution in [3.8, 4) is 0 Å². The summed E-state index contributed by atoms with van der Waals surface area (Å²) in [5.41, 5.74) is 1.67. The van der Waals surface area contributed by atoms with Crippen molar-refractivity contribution in [2.75, 3.05) is 5.75 Å². The van der Waals surface area contributed by atoms with Gasteiger partial charge in [-0.1, -0.05) is 30.3 Å². The van der Waals surface area contributed by atoms with Crippen molar-refractivity contribution in [2.24, 2.45) is 5.92 Å². The zero-order chi connectivity index (χ0) is 14.9. The molecule has 1 heterocycles. The zero-order valence-electron chi connectivity index (χ0n) is 11.4. The minimum absolute atomic E-state index is 0.0386. The minimum Gasteiger partial charge on any atom is -0.294 e. The molecule has 1 aliphatic rings. The first kappa shape index (κ1) is 13.9. The highest BCUT2D eigenvalue weighted by Crippen LogP contribution is 2.27. The molecule has 0 fully saturated rings. The Hall–Kier alpha value is -2.01. The Labute approximate surface area is 123 Å². The average molecular weight is 301 g/mol. The fourth-order valence-corrected chi connectivity index (χ4v) is 4.23. The Morgan fingerprint density at radius 3 is 2.62 bits per heavy atom. The third-order valence-corrected chi connectivity index (χ3v) is 5.51. The van der Waals surface area contributed by atoms with Crippen molar-refractivity contribution in [1.29, 1.82) is 0 Å². The second kappa shape index (κ2) is 5.41. The summed E-state index contributed by atoms with van der Waals surface area (Å²) in [7, 11) is -3.53. The highest BCUT2D eigenvalue weighted by atomic mass is 32.2. The minimum atomic E-state index is -3.53. The van der Waals surface area contributed by atoms with E-state index in [1.54, 1.807) is 18.2 Å². The molecule has 3 rings (SSSR count). The van der Waals surface area contributed by atoms with Gasteiger partial charge in [-0.2, -0.15) is 0 Å². The number of sulfone groups is 1. The van der Waals surface area contributed by atoms with Gasteiger partial charge in [0.1, 0.15) is 0 Å². The van der Waals surface area contributed by atoms with Crippen LogP contribution in [0.1, 0.15) is 22.3 Å². The van der Waals surface area contributed by atoms with Crippen LogP contribution >= 0.6 is 0 Å². The van der Waals surface area contributed by atoms with Crippen molar-refractivity contribution in [2.45, 2.75) is 17.9 Å². The van der Waals surface area contributed by atoms with E-state index in [9.17, 15) is 13.2 Å². The fraction of sp³-hybridized carbons (Fsp3) is 0.250. The van der Waals surface area contributed by atoms with Gasteiger partial charge in [0, 0.05) is 17.7 Å². The Balaban J connectivity index is 1.86. The lowest BCUT2D eigenvalue weighted by Crippen LogP contribution is -2.29. The molecule has 1 aliphatic carbocycles. The van der Waals surface area contributed by atoms with E-state index in [4.69, 9.17) is 0 Å². The van der Waals surface area contributed by atoms with E-state index in [0.717, 1.165) is 12.0 Å². The number of aryl methyl sites for hydroxylation is 1. The third-order valence-electron chi connectivity index (χ3n) is 3.79. The number of ketones is 1. The smallest absolute Gasteiger partial charge is 0.196 e. The van der Waals surface area contributed by atoms with E-state index in [1.807, 2.05) is 18.2 Å². The summed E-state index contributed by atoms with van der Waals surface area (Å²) in [5, 5.41) is 0.0386. The first-order valence-corrected chi connectivity index (χ1v) is 8.49. The Bertz CT molecular complexity index is 769. The van der Waals surface area contributed by atoms with Crippen LogP contribution in [-0.4, -0.2) is 24.9 Å². The van der Waals surface area contributed by atoms with Crippen LogP contribution < -0.4 is 0 Å². The van der Waals surface area contributed by atoms with E-state index < -0.39 is 15.8 Å². The van der Waals surface area contributed by atoms with Gasteiger partial charge >= 0.3 is 0 Å². The Morgan fingerprint density at radius 2 is 1.86 bits per heavy atom.